The number of H-pyrrole nitrogens is 1. The Bertz CT molecular complexity index is 1340. The average molecular weight is 479 g/mol. The Balaban J connectivity index is 1.62. The number of nitrogens with one attached hydrogen (secondary N) is 2. The van der Waals surface area contributed by atoms with Crippen LogP contribution in [0.4, 0.5) is 5.69 Å². The van der Waals surface area contributed by atoms with Gasteiger partial charge in [0.15, 0.2) is 11.5 Å². The summed E-state index contributed by atoms with van der Waals surface area (Å²) in [4.78, 5) is 8.76. The minimum Gasteiger partial charge on any atom is -0.476 e. The third-order valence-corrected chi connectivity index (χ3v) is 6.59. The summed E-state index contributed by atoms with van der Waals surface area (Å²) in [6.07, 6.45) is 1.57. The molecule has 0 unspecified atom stereocenters. The van der Waals surface area contributed by atoms with Gasteiger partial charge in [0.05, 0.1) is 16.2 Å². The number of hydrogen-bond acceptors (Lipinski definition) is 7. The Hall–Kier alpha value is -2.92. The van der Waals surface area contributed by atoms with E-state index >= 15 is 0 Å². The second-order valence-corrected chi connectivity index (χ2v) is 8.79. The number of aromatic nitrogens is 4. The molecule has 0 radical (unpaired) electrons. The summed E-state index contributed by atoms with van der Waals surface area (Å²) in [5, 5.41) is 7.50. The molecule has 9 nitrogen and oxygen atoms in total. The zero-order chi connectivity index (χ0) is 22.0. The summed E-state index contributed by atoms with van der Waals surface area (Å²) in [7, 11) is -3.93. The lowest BCUT2D eigenvalue weighted by molar-refractivity contribution is 0.320. The van der Waals surface area contributed by atoms with Crippen molar-refractivity contribution < 1.29 is 13.2 Å². The second kappa shape index (κ2) is 8.67. The van der Waals surface area contributed by atoms with E-state index < -0.39 is 10.0 Å². The van der Waals surface area contributed by atoms with Crippen LogP contribution in [0.25, 0.3) is 22.4 Å². The van der Waals surface area contributed by atoms with Crippen molar-refractivity contribution in [3.8, 4) is 17.3 Å². The van der Waals surface area contributed by atoms with E-state index in [9.17, 15) is 8.42 Å². The van der Waals surface area contributed by atoms with Gasteiger partial charge in [-0.2, -0.15) is 10.1 Å². The van der Waals surface area contributed by atoms with Gasteiger partial charge in [-0.3, -0.25) is 9.82 Å². The van der Waals surface area contributed by atoms with Crippen LogP contribution in [-0.2, 0) is 10.0 Å². The summed E-state index contributed by atoms with van der Waals surface area (Å²) >= 11 is 12.0. The van der Waals surface area contributed by atoms with Crippen LogP contribution in [0.2, 0.25) is 10.0 Å². The number of nitrogens with zero attached hydrogens (tertiary/aromatic N) is 3. The van der Waals surface area contributed by atoms with Crippen LogP contribution in [0.15, 0.2) is 53.6 Å². The van der Waals surface area contributed by atoms with E-state index in [0.717, 1.165) is 0 Å². The van der Waals surface area contributed by atoms with E-state index in [0.29, 0.717) is 47.1 Å². The average Bonchev–Trinajstić information content (AvgIpc) is 3.23. The minimum absolute atomic E-state index is 0.0421. The Morgan fingerprint density at radius 3 is 2.61 bits per heavy atom. The van der Waals surface area contributed by atoms with Crippen LogP contribution in [0, 0.1) is 0 Å². The number of ether oxygens (including phenoxy) is 1. The molecule has 4 aromatic rings. The van der Waals surface area contributed by atoms with E-state index in [1.54, 1.807) is 30.5 Å². The zero-order valence-electron chi connectivity index (χ0n) is 15.8. The highest BCUT2D eigenvalue weighted by Crippen LogP contribution is 2.31. The monoisotopic (exact) mass is 478 g/mol. The van der Waals surface area contributed by atoms with Gasteiger partial charge in [0.25, 0.3) is 10.0 Å². The molecule has 2 aromatic heterocycles. The van der Waals surface area contributed by atoms with Crippen molar-refractivity contribution in [3.05, 3.63) is 58.7 Å². The molecule has 0 aliphatic carbocycles. The normalized spacial score (nSPS) is 11.6. The highest BCUT2D eigenvalue weighted by atomic mass is 35.5. The molecule has 0 amide bonds. The first-order chi connectivity index (χ1) is 14.9. The molecule has 4 rings (SSSR count). The molecule has 0 aliphatic heterocycles. The number of sulfonamides is 1. The van der Waals surface area contributed by atoms with Gasteiger partial charge in [-0.25, -0.2) is 13.4 Å². The molecule has 0 fully saturated rings. The molecule has 0 atom stereocenters. The van der Waals surface area contributed by atoms with Crippen molar-refractivity contribution >= 4 is 49.9 Å². The standard InChI is InChI=1S/C19H16Cl2N6O3S/c20-14-2-1-3-15(16(14)21)31(28,29)27-12-6-4-11(5-7-12)17-24-18-13(10-23-26-18)19(25-17)30-9-8-22/h1-7,10,27H,8-9,22H2,(H,23,24,25,26). The van der Waals surface area contributed by atoms with Crippen molar-refractivity contribution in [1.82, 2.24) is 20.2 Å². The largest absolute Gasteiger partial charge is 0.476 e. The Labute approximate surface area is 187 Å². The first-order valence-corrected chi connectivity index (χ1v) is 11.2. The van der Waals surface area contributed by atoms with Crippen LogP contribution < -0.4 is 15.2 Å². The minimum atomic E-state index is -3.93. The fourth-order valence-corrected chi connectivity index (χ4v) is 4.61. The lowest BCUT2D eigenvalue weighted by Crippen LogP contribution is -2.13. The lowest BCUT2D eigenvalue weighted by Gasteiger charge is -2.11. The molecule has 2 heterocycles. The summed E-state index contributed by atoms with van der Waals surface area (Å²) in [6.45, 7) is 0.633. The van der Waals surface area contributed by atoms with Gasteiger partial charge in [-0.15, -0.1) is 0 Å². The van der Waals surface area contributed by atoms with Gasteiger partial charge in [-0.05, 0) is 36.4 Å². The smallest absolute Gasteiger partial charge is 0.263 e. The SMILES string of the molecule is NCCOc1nc(-c2ccc(NS(=O)(=O)c3cccc(Cl)c3Cl)cc2)nc2[nH]ncc12. The highest BCUT2D eigenvalue weighted by molar-refractivity contribution is 7.92. The molecule has 160 valence electrons. The first-order valence-electron chi connectivity index (χ1n) is 9.00. The number of anilines is 1. The van der Waals surface area contributed by atoms with Gasteiger partial charge < -0.3 is 10.5 Å². The third-order valence-electron chi connectivity index (χ3n) is 4.23. The van der Waals surface area contributed by atoms with Crippen molar-refractivity contribution in [2.75, 3.05) is 17.9 Å². The van der Waals surface area contributed by atoms with E-state index in [4.69, 9.17) is 33.7 Å². The van der Waals surface area contributed by atoms with Crippen LogP contribution in [0.5, 0.6) is 5.88 Å². The molecular formula is C19H16Cl2N6O3S. The van der Waals surface area contributed by atoms with Crippen molar-refractivity contribution in [1.29, 1.82) is 0 Å². The number of rotatable bonds is 7. The lowest BCUT2D eigenvalue weighted by atomic mass is 10.2. The third kappa shape index (κ3) is 4.42. The Morgan fingerprint density at radius 1 is 1.10 bits per heavy atom. The van der Waals surface area contributed by atoms with E-state index in [1.165, 1.54) is 18.2 Å². The zero-order valence-corrected chi connectivity index (χ0v) is 18.2. The molecule has 0 bridgehead atoms. The molecule has 0 saturated carbocycles. The summed E-state index contributed by atoms with van der Waals surface area (Å²) in [5.41, 5.74) is 7.01. The first kappa shape index (κ1) is 21.3. The molecule has 31 heavy (non-hydrogen) atoms. The Kier molecular flexibility index (Phi) is 5.96. The van der Waals surface area contributed by atoms with Gasteiger partial charge in [-0.1, -0.05) is 29.3 Å². The van der Waals surface area contributed by atoms with Crippen LogP contribution in [0.3, 0.4) is 0 Å². The van der Waals surface area contributed by atoms with E-state index in [1.807, 2.05) is 0 Å². The summed E-state index contributed by atoms with van der Waals surface area (Å²) in [5.74, 6) is 0.746. The van der Waals surface area contributed by atoms with Gasteiger partial charge >= 0.3 is 0 Å². The number of fused-ring (bicyclic) bond motifs is 1. The number of aromatic amines is 1. The number of halogens is 2. The predicted molar refractivity (Wildman–Crippen MR) is 119 cm³/mol. The molecule has 4 N–H and O–H groups in total. The summed E-state index contributed by atoms with van der Waals surface area (Å²) < 4.78 is 33.4. The fraction of sp³-hybridized carbons (Fsp3) is 0.105. The molecule has 0 spiro atoms. The van der Waals surface area contributed by atoms with E-state index in [-0.39, 0.29) is 14.9 Å². The highest BCUT2D eigenvalue weighted by Gasteiger charge is 2.20. The number of hydrogen-bond donors (Lipinski definition) is 3. The molecule has 12 heteroatoms. The molecule has 0 saturated heterocycles. The number of nitrogens with two attached hydrogens (primary N) is 1. The van der Waals surface area contributed by atoms with Crippen LogP contribution in [-0.4, -0.2) is 41.7 Å². The second-order valence-electron chi connectivity index (χ2n) is 6.36. The molecular weight excluding hydrogens is 463 g/mol. The van der Waals surface area contributed by atoms with Gasteiger partial charge in [0.2, 0.25) is 5.88 Å². The maximum atomic E-state index is 12.7. The van der Waals surface area contributed by atoms with Crippen molar-refractivity contribution in [2.24, 2.45) is 5.73 Å². The van der Waals surface area contributed by atoms with Crippen molar-refractivity contribution in [3.63, 3.8) is 0 Å². The van der Waals surface area contributed by atoms with Crippen LogP contribution in [0.1, 0.15) is 0 Å². The van der Waals surface area contributed by atoms with Crippen molar-refractivity contribution in [2.45, 2.75) is 4.90 Å². The van der Waals surface area contributed by atoms with E-state index in [2.05, 4.69) is 24.9 Å². The Morgan fingerprint density at radius 2 is 1.87 bits per heavy atom. The number of benzene rings is 2. The summed E-state index contributed by atoms with van der Waals surface area (Å²) in [6, 6.07) is 10.9. The predicted octanol–water partition coefficient (Wildman–Crippen LogP) is 3.47. The maximum Gasteiger partial charge on any atom is 0.263 e. The quantitative estimate of drug-likeness (QED) is 0.369. The van der Waals surface area contributed by atoms with Gasteiger partial charge in [0.1, 0.15) is 16.9 Å². The molecule has 2 aromatic carbocycles. The van der Waals surface area contributed by atoms with Gasteiger partial charge in [0, 0.05) is 17.8 Å². The maximum absolute atomic E-state index is 12.7. The molecule has 0 aliphatic rings. The topological polar surface area (TPSA) is 136 Å². The fourth-order valence-electron chi connectivity index (χ4n) is 2.79. The van der Waals surface area contributed by atoms with Crippen LogP contribution >= 0.6 is 23.2 Å².